The summed E-state index contributed by atoms with van der Waals surface area (Å²) in [5, 5.41) is 6.40. The molecule has 0 aliphatic heterocycles. The van der Waals surface area contributed by atoms with Crippen LogP contribution in [-0.4, -0.2) is 51.2 Å². The summed E-state index contributed by atoms with van der Waals surface area (Å²) in [6, 6.07) is 5.98. The number of rotatable bonds is 10. The van der Waals surface area contributed by atoms with E-state index in [0.717, 1.165) is 39.1 Å². The number of aromatic nitrogens is 2. The van der Waals surface area contributed by atoms with E-state index in [0.29, 0.717) is 31.2 Å². The standard InChI is InChI=1S/C17H26N4O2S.C8H16N2.C2H6.2CH4/c1-13-5-6-16-17(21-13)9-14(12-20-16)15(10-18-2)11-19-7-4-8-24(3,22)23;1-6(2)8(5-9)4-7(3)10;1-2;;/h5-6,9,11-12,18-19,22-23H,4,7-8,10H2,1-3H3;4-6H,9-10H2,1-3H3;1-2H3;2*1H4/b15-11+;7-4-,8-5+;;;. The number of hydrogen-bond acceptors (Lipinski definition) is 8. The van der Waals surface area contributed by atoms with Crippen molar-refractivity contribution in [3.8, 4) is 0 Å². The van der Waals surface area contributed by atoms with Crippen molar-refractivity contribution in [1.29, 1.82) is 0 Å². The van der Waals surface area contributed by atoms with Gasteiger partial charge in [0.2, 0.25) is 0 Å². The average Bonchev–Trinajstić information content (AvgIpc) is 2.82. The first kappa shape index (κ1) is 39.9. The molecule has 0 aliphatic carbocycles. The molecular weight excluding hydrogens is 496 g/mol. The van der Waals surface area contributed by atoms with Gasteiger partial charge in [-0.1, -0.05) is 42.5 Å². The van der Waals surface area contributed by atoms with E-state index < -0.39 is 10.6 Å². The van der Waals surface area contributed by atoms with Crippen LogP contribution in [0.15, 0.2) is 54.1 Å². The highest BCUT2D eigenvalue weighted by Gasteiger charge is 2.06. The molecule has 9 heteroatoms. The van der Waals surface area contributed by atoms with E-state index in [1.807, 2.05) is 71.4 Å². The number of pyridine rings is 2. The first-order valence-electron chi connectivity index (χ1n) is 12.3. The normalized spacial score (nSPS) is 12.3. The van der Waals surface area contributed by atoms with Crippen LogP contribution >= 0.6 is 10.6 Å². The lowest BCUT2D eigenvalue weighted by Crippen LogP contribution is -2.16. The molecule has 0 radical (unpaired) electrons. The minimum Gasteiger partial charge on any atom is -0.404 e. The molecule has 0 bridgehead atoms. The van der Waals surface area contributed by atoms with Crippen LogP contribution in [0.4, 0.5) is 0 Å². The molecule has 0 aliphatic rings. The van der Waals surface area contributed by atoms with Crippen LogP contribution in [0.2, 0.25) is 0 Å². The molecule has 0 fully saturated rings. The largest absolute Gasteiger partial charge is 0.404 e. The summed E-state index contributed by atoms with van der Waals surface area (Å²) in [5.74, 6) is 0.860. The molecule has 0 unspecified atom stereocenters. The van der Waals surface area contributed by atoms with E-state index in [2.05, 4.69) is 34.4 Å². The quantitative estimate of drug-likeness (QED) is 0.145. The number of likely N-dealkylation sites (N-methyl/N-ethyl adjacent to an activating group) is 1. The molecule has 0 saturated carbocycles. The van der Waals surface area contributed by atoms with E-state index in [1.165, 1.54) is 6.26 Å². The molecule has 0 spiro atoms. The van der Waals surface area contributed by atoms with Crippen molar-refractivity contribution in [1.82, 2.24) is 20.6 Å². The van der Waals surface area contributed by atoms with Crippen molar-refractivity contribution in [2.45, 2.75) is 62.8 Å². The van der Waals surface area contributed by atoms with Gasteiger partial charge >= 0.3 is 0 Å². The summed E-state index contributed by atoms with van der Waals surface area (Å²) in [5.41, 5.74) is 17.5. The maximum Gasteiger partial charge on any atom is 0.0895 e. The Hall–Kier alpha value is -2.59. The van der Waals surface area contributed by atoms with Crippen LogP contribution in [0.25, 0.3) is 16.6 Å². The van der Waals surface area contributed by atoms with Crippen LogP contribution in [0.3, 0.4) is 0 Å². The van der Waals surface area contributed by atoms with Gasteiger partial charge in [-0.3, -0.25) is 19.1 Å². The van der Waals surface area contributed by atoms with Crippen LogP contribution in [0.5, 0.6) is 0 Å². The Morgan fingerprint density at radius 1 is 1.16 bits per heavy atom. The Morgan fingerprint density at radius 2 is 1.79 bits per heavy atom. The number of nitrogens with one attached hydrogen (secondary N) is 2. The fraction of sp³-hybridized carbons (Fsp3) is 0.517. The second-order valence-corrected chi connectivity index (χ2v) is 11.0. The third kappa shape index (κ3) is 17.0. The average molecular weight is 553 g/mol. The van der Waals surface area contributed by atoms with Gasteiger partial charge in [0.05, 0.1) is 11.0 Å². The molecule has 2 aromatic rings. The predicted molar refractivity (Wildman–Crippen MR) is 172 cm³/mol. The summed E-state index contributed by atoms with van der Waals surface area (Å²) in [4.78, 5) is 9.01. The minimum atomic E-state index is -2.41. The van der Waals surface area contributed by atoms with E-state index >= 15 is 0 Å². The second-order valence-electron chi connectivity index (χ2n) is 8.63. The van der Waals surface area contributed by atoms with E-state index in [9.17, 15) is 9.11 Å². The molecular formula is C29H56N6O2S. The third-order valence-electron chi connectivity index (χ3n) is 4.80. The highest BCUT2D eigenvalue weighted by molar-refractivity contribution is 8.23. The van der Waals surface area contributed by atoms with Gasteiger partial charge < -0.3 is 22.1 Å². The first-order valence-corrected chi connectivity index (χ1v) is 14.5. The molecule has 8 nitrogen and oxygen atoms in total. The lowest BCUT2D eigenvalue weighted by molar-refractivity contribution is 0.492. The second kappa shape index (κ2) is 21.4. The Kier molecular flexibility index (Phi) is 22.4. The van der Waals surface area contributed by atoms with Gasteiger partial charge in [0.15, 0.2) is 0 Å². The fourth-order valence-electron chi connectivity index (χ4n) is 3.02. The minimum absolute atomic E-state index is 0. The predicted octanol–water partition coefficient (Wildman–Crippen LogP) is 6.50. The summed E-state index contributed by atoms with van der Waals surface area (Å²) in [7, 11) is -0.507. The topological polar surface area (TPSA) is 142 Å². The third-order valence-corrected chi connectivity index (χ3v) is 5.86. The zero-order chi connectivity index (χ0) is 27.7. The van der Waals surface area contributed by atoms with Crippen LogP contribution in [-0.2, 0) is 0 Å². The maximum absolute atomic E-state index is 9.38. The molecule has 8 N–H and O–H groups in total. The van der Waals surface area contributed by atoms with Crippen molar-refractivity contribution in [3.63, 3.8) is 0 Å². The molecule has 38 heavy (non-hydrogen) atoms. The molecule has 220 valence electrons. The van der Waals surface area contributed by atoms with Gasteiger partial charge in [0.1, 0.15) is 0 Å². The Balaban J connectivity index is -0.000000747. The highest BCUT2D eigenvalue weighted by Crippen LogP contribution is 2.33. The number of nitrogens with zero attached hydrogens (tertiary/aromatic N) is 2. The monoisotopic (exact) mass is 552 g/mol. The molecule has 2 heterocycles. The van der Waals surface area contributed by atoms with Crippen molar-refractivity contribution in [2.24, 2.45) is 17.4 Å². The van der Waals surface area contributed by atoms with Crippen molar-refractivity contribution < 1.29 is 9.11 Å². The van der Waals surface area contributed by atoms with Crippen molar-refractivity contribution in [3.05, 3.63) is 65.4 Å². The zero-order valence-electron chi connectivity index (χ0n) is 23.3. The molecule has 2 rings (SSSR count). The van der Waals surface area contributed by atoms with Crippen molar-refractivity contribution >= 4 is 27.2 Å². The van der Waals surface area contributed by atoms with Crippen LogP contribution in [0, 0.1) is 12.8 Å². The van der Waals surface area contributed by atoms with Gasteiger partial charge in [-0.15, -0.1) is 0 Å². The number of fused-ring (bicyclic) bond motifs is 1. The summed E-state index contributed by atoms with van der Waals surface area (Å²) >= 11 is 0. The molecule has 0 atom stereocenters. The summed E-state index contributed by atoms with van der Waals surface area (Å²) in [6.07, 6.45) is 9.49. The van der Waals surface area contributed by atoms with E-state index in [4.69, 9.17) is 11.5 Å². The lowest BCUT2D eigenvalue weighted by atomic mass is 10.0. The van der Waals surface area contributed by atoms with Gasteiger partial charge in [-0.05, 0) is 74.9 Å². The zero-order valence-corrected chi connectivity index (χ0v) is 24.1. The Bertz CT molecular complexity index is 994. The van der Waals surface area contributed by atoms with Gasteiger partial charge in [0, 0.05) is 54.4 Å². The highest BCUT2D eigenvalue weighted by atomic mass is 32.3. The Labute approximate surface area is 234 Å². The number of hydrogen-bond donors (Lipinski definition) is 6. The van der Waals surface area contributed by atoms with Crippen molar-refractivity contribution in [2.75, 3.05) is 32.1 Å². The number of aryl methyl sites for hydroxylation is 1. The van der Waals surface area contributed by atoms with E-state index in [-0.39, 0.29) is 14.9 Å². The molecule has 0 aromatic carbocycles. The summed E-state index contributed by atoms with van der Waals surface area (Å²) in [6.45, 7) is 13.4. The number of nitrogens with two attached hydrogens (primary N) is 2. The molecule has 2 aromatic heterocycles. The Morgan fingerprint density at radius 3 is 2.26 bits per heavy atom. The van der Waals surface area contributed by atoms with Crippen LogP contribution < -0.4 is 22.1 Å². The maximum atomic E-state index is 9.38. The first-order chi connectivity index (χ1) is 17.0. The van der Waals surface area contributed by atoms with Crippen LogP contribution in [0.1, 0.15) is 67.2 Å². The lowest BCUT2D eigenvalue weighted by Gasteiger charge is -2.26. The van der Waals surface area contributed by atoms with Gasteiger partial charge in [0.25, 0.3) is 0 Å². The van der Waals surface area contributed by atoms with Gasteiger partial charge in [-0.2, -0.15) is 10.6 Å². The summed E-state index contributed by atoms with van der Waals surface area (Å²) < 4.78 is 18.8. The van der Waals surface area contributed by atoms with E-state index in [1.54, 1.807) is 6.20 Å². The molecule has 0 amide bonds. The molecule has 0 saturated heterocycles. The van der Waals surface area contributed by atoms with Gasteiger partial charge in [-0.25, -0.2) is 0 Å². The fourth-order valence-corrected chi connectivity index (χ4v) is 3.72. The SMILES string of the molecule is C.C.C/C(N)=C/C(=C\N)C(C)C.CC.CNC/C(=C\NCCCS(C)(O)O)c1cnc2ccc(C)nc2c1. The number of allylic oxidation sites excluding steroid dienone is 3. The smallest absolute Gasteiger partial charge is 0.0895 e.